The Kier molecular flexibility index (Phi) is 2.65. The molecular weight excluding hydrogens is 196 g/mol. The molecule has 0 aromatic rings. The smallest absolute Gasteiger partial charge is 0.320 e. The Labute approximate surface area is 88.6 Å². The molecule has 5 heteroatoms. The summed E-state index contributed by atoms with van der Waals surface area (Å²) in [6.07, 6.45) is 1.29. The average Bonchev–Trinajstić information content (AvgIpc) is 2.62. The van der Waals surface area contributed by atoms with E-state index in [0.29, 0.717) is 25.9 Å². The van der Waals surface area contributed by atoms with Gasteiger partial charge in [-0.15, -0.1) is 0 Å². The van der Waals surface area contributed by atoms with E-state index in [0.717, 1.165) is 6.54 Å². The van der Waals surface area contributed by atoms with E-state index in [2.05, 4.69) is 0 Å². The Morgan fingerprint density at radius 2 is 2.20 bits per heavy atom. The molecule has 2 saturated heterocycles. The standard InChI is InChI=1S/C10H16N2O3/c1-2-11-5-6-12-7(9(11)13)3-4-8(12)10(14)15/h7-8H,2-6H2,1H3,(H,14,15)/t7-,8+/m0/s1. The molecule has 0 radical (unpaired) electrons. The number of carboxylic acid groups (broad SMARTS) is 1. The third-order valence-electron chi connectivity index (χ3n) is 3.41. The monoisotopic (exact) mass is 212 g/mol. The van der Waals surface area contributed by atoms with Gasteiger partial charge in [-0.1, -0.05) is 0 Å². The number of amides is 1. The molecule has 2 heterocycles. The first-order valence-corrected chi connectivity index (χ1v) is 5.42. The number of fused-ring (bicyclic) bond motifs is 1. The lowest BCUT2D eigenvalue weighted by Gasteiger charge is -2.37. The van der Waals surface area contributed by atoms with Crippen molar-refractivity contribution in [2.45, 2.75) is 31.8 Å². The summed E-state index contributed by atoms with van der Waals surface area (Å²) in [4.78, 5) is 26.5. The van der Waals surface area contributed by atoms with Crippen LogP contribution in [0, 0.1) is 0 Å². The van der Waals surface area contributed by atoms with Gasteiger partial charge in [-0.25, -0.2) is 0 Å². The van der Waals surface area contributed by atoms with Crippen molar-refractivity contribution in [1.29, 1.82) is 0 Å². The van der Waals surface area contributed by atoms with Crippen LogP contribution in [0.25, 0.3) is 0 Å². The van der Waals surface area contributed by atoms with Gasteiger partial charge in [0.15, 0.2) is 0 Å². The van der Waals surface area contributed by atoms with E-state index >= 15 is 0 Å². The Bertz CT molecular complexity index is 292. The molecule has 0 aromatic heterocycles. The van der Waals surface area contributed by atoms with Crippen molar-refractivity contribution in [2.75, 3.05) is 19.6 Å². The second kappa shape index (κ2) is 3.81. The maximum atomic E-state index is 11.9. The van der Waals surface area contributed by atoms with Crippen molar-refractivity contribution < 1.29 is 14.7 Å². The van der Waals surface area contributed by atoms with Crippen LogP contribution in [0.5, 0.6) is 0 Å². The number of aliphatic carboxylic acids is 1. The number of hydrogen-bond acceptors (Lipinski definition) is 3. The van der Waals surface area contributed by atoms with E-state index in [1.54, 1.807) is 0 Å². The molecule has 0 aromatic carbocycles. The quantitative estimate of drug-likeness (QED) is 0.686. The second-order valence-corrected chi connectivity index (χ2v) is 4.10. The maximum Gasteiger partial charge on any atom is 0.320 e. The molecule has 0 spiro atoms. The molecule has 5 nitrogen and oxygen atoms in total. The maximum absolute atomic E-state index is 11.9. The van der Waals surface area contributed by atoms with Gasteiger partial charge >= 0.3 is 5.97 Å². The van der Waals surface area contributed by atoms with Gasteiger partial charge in [0.2, 0.25) is 5.91 Å². The number of carboxylic acids is 1. The van der Waals surface area contributed by atoms with Crippen molar-refractivity contribution in [1.82, 2.24) is 9.80 Å². The summed E-state index contributed by atoms with van der Waals surface area (Å²) >= 11 is 0. The van der Waals surface area contributed by atoms with Crippen LogP contribution in [0.2, 0.25) is 0 Å². The summed E-state index contributed by atoms with van der Waals surface area (Å²) in [7, 11) is 0. The summed E-state index contributed by atoms with van der Waals surface area (Å²) < 4.78 is 0. The number of rotatable bonds is 2. The van der Waals surface area contributed by atoms with Gasteiger partial charge in [0.25, 0.3) is 0 Å². The van der Waals surface area contributed by atoms with Gasteiger partial charge < -0.3 is 10.0 Å². The minimum absolute atomic E-state index is 0.104. The molecule has 15 heavy (non-hydrogen) atoms. The number of hydrogen-bond donors (Lipinski definition) is 1. The van der Waals surface area contributed by atoms with E-state index in [4.69, 9.17) is 5.11 Å². The minimum Gasteiger partial charge on any atom is -0.480 e. The highest BCUT2D eigenvalue weighted by Gasteiger charge is 2.45. The van der Waals surface area contributed by atoms with Gasteiger partial charge in [-0.3, -0.25) is 14.5 Å². The fourth-order valence-corrected chi connectivity index (χ4v) is 2.58. The summed E-state index contributed by atoms with van der Waals surface area (Å²) in [5.41, 5.74) is 0. The predicted molar refractivity (Wildman–Crippen MR) is 53.4 cm³/mol. The molecule has 2 rings (SSSR count). The van der Waals surface area contributed by atoms with Crippen molar-refractivity contribution in [2.24, 2.45) is 0 Å². The fourth-order valence-electron chi connectivity index (χ4n) is 2.58. The third-order valence-corrected chi connectivity index (χ3v) is 3.41. The van der Waals surface area contributed by atoms with E-state index < -0.39 is 12.0 Å². The van der Waals surface area contributed by atoms with Gasteiger partial charge in [0, 0.05) is 19.6 Å². The van der Waals surface area contributed by atoms with E-state index in [1.165, 1.54) is 0 Å². The highest BCUT2D eigenvalue weighted by atomic mass is 16.4. The molecule has 0 bridgehead atoms. The Morgan fingerprint density at radius 3 is 2.80 bits per heavy atom. The number of piperazine rings is 1. The van der Waals surface area contributed by atoms with Crippen LogP contribution in [0.15, 0.2) is 0 Å². The lowest BCUT2D eigenvalue weighted by molar-refractivity contribution is -0.147. The SMILES string of the molecule is CCN1CCN2[C@@H](C(=O)O)CC[C@H]2C1=O. The molecule has 84 valence electrons. The van der Waals surface area contributed by atoms with Crippen molar-refractivity contribution >= 4 is 11.9 Å². The molecule has 2 aliphatic rings. The number of carbonyl (C=O) groups is 2. The van der Waals surface area contributed by atoms with Crippen LogP contribution in [-0.2, 0) is 9.59 Å². The van der Waals surface area contributed by atoms with Crippen LogP contribution in [0.3, 0.4) is 0 Å². The zero-order valence-electron chi connectivity index (χ0n) is 8.85. The lowest BCUT2D eigenvalue weighted by atomic mass is 10.1. The Hall–Kier alpha value is -1.10. The molecule has 2 atom stereocenters. The van der Waals surface area contributed by atoms with Crippen LogP contribution in [0.1, 0.15) is 19.8 Å². The summed E-state index contributed by atoms with van der Waals surface area (Å²) in [5, 5.41) is 8.99. The van der Waals surface area contributed by atoms with Crippen LogP contribution < -0.4 is 0 Å². The third kappa shape index (κ3) is 1.61. The molecule has 1 N–H and O–H groups in total. The number of nitrogens with zero attached hydrogens (tertiary/aromatic N) is 2. The van der Waals surface area contributed by atoms with Crippen molar-refractivity contribution in [3.8, 4) is 0 Å². The first-order valence-electron chi connectivity index (χ1n) is 5.42. The molecule has 0 unspecified atom stereocenters. The van der Waals surface area contributed by atoms with Gasteiger partial charge in [0.1, 0.15) is 6.04 Å². The average molecular weight is 212 g/mol. The van der Waals surface area contributed by atoms with Gasteiger partial charge in [-0.2, -0.15) is 0 Å². The fraction of sp³-hybridized carbons (Fsp3) is 0.800. The van der Waals surface area contributed by atoms with E-state index in [9.17, 15) is 9.59 Å². The second-order valence-electron chi connectivity index (χ2n) is 4.10. The number of carbonyl (C=O) groups excluding carboxylic acids is 1. The first-order chi connectivity index (χ1) is 7.15. The Balaban J connectivity index is 2.12. The lowest BCUT2D eigenvalue weighted by Crippen LogP contribution is -2.57. The van der Waals surface area contributed by atoms with E-state index in [1.807, 2.05) is 16.7 Å². The van der Waals surface area contributed by atoms with Crippen LogP contribution in [0.4, 0.5) is 0 Å². The molecule has 2 fully saturated rings. The highest BCUT2D eigenvalue weighted by molar-refractivity contribution is 5.85. The van der Waals surface area contributed by atoms with Gasteiger partial charge in [-0.05, 0) is 19.8 Å². The highest BCUT2D eigenvalue weighted by Crippen LogP contribution is 2.28. The molecule has 0 saturated carbocycles. The summed E-state index contributed by atoms with van der Waals surface area (Å²) in [6.45, 7) is 4.04. The Morgan fingerprint density at radius 1 is 1.47 bits per heavy atom. The normalized spacial score (nSPS) is 31.8. The molecule has 2 aliphatic heterocycles. The van der Waals surface area contributed by atoms with Crippen molar-refractivity contribution in [3.63, 3.8) is 0 Å². The number of likely N-dealkylation sites (N-methyl/N-ethyl adjacent to an activating group) is 1. The van der Waals surface area contributed by atoms with Crippen molar-refractivity contribution in [3.05, 3.63) is 0 Å². The molecule has 0 aliphatic carbocycles. The largest absolute Gasteiger partial charge is 0.480 e. The zero-order valence-corrected chi connectivity index (χ0v) is 8.85. The van der Waals surface area contributed by atoms with Crippen LogP contribution in [-0.4, -0.2) is 58.5 Å². The molecule has 1 amide bonds. The summed E-state index contributed by atoms with van der Waals surface area (Å²) in [6, 6.07) is -0.627. The molecular formula is C10H16N2O3. The van der Waals surface area contributed by atoms with Crippen LogP contribution >= 0.6 is 0 Å². The minimum atomic E-state index is -0.796. The predicted octanol–water partition coefficient (Wildman–Crippen LogP) is -0.234. The first kappa shape index (κ1) is 10.4. The zero-order chi connectivity index (χ0) is 11.0. The van der Waals surface area contributed by atoms with Gasteiger partial charge in [0.05, 0.1) is 6.04 Å². The topological polar surface area (TPSA) is 60.9 Å². The summed E-state index contributed by atoms with van der Waals surface area (Å²) in [5.74, 6) is -0.692. The van der Waals surface area contributed by atoms with E-state index in [-0.39, 0.29) is 11.9 Å².